The summed E-state index contributed by atoms with van der Waals surface area (Å²) >= 11 is 0. The molecule has 2 aromatic rings. The number of aromatic carboxylic acids is 1. The number of hydrogen-bond acceptors (Lipinski definition) is 4. The van der Waals surface area contributed by atoms with Gasteiger partial charge in [-0.15, -0.1) is 5.10 Å². The molecule has 0 radical (unpaired) electrons. The number of benzene rings is 1. The SMILES string of the molecule is COc1cccc(-n2cc(C(=O)O)nn2)c1. The average Bonchev–Trinajstić information content (AvgIpc) is 2.78. The highest BCUT2D eigenvalue weighted by molar-refractivity contribution is 5.84. The van der Waals surface area contributed by atoms with Gasteiger partial charge < -0.3 is 9.84 Å². The van der Waals surface area contributed by atoms with Crippen molar-refractivity contribution in [2.45, 2.75) is 0 Å². The Hall–Kier alpha value is -2.37. The standard InChI is InChI=1S/C10H9N3O3/c1-16-8-4-2-3-7(5-8)13-6-9(10(14)15)11-12-13/h2-6H,1H3,(H,14,15). The fraction of sp³-hybridized carbons (Fsp3) is 0.100. The normalized spacial score (nSPS) is 10.1. The zero-order chi connectivity index (χ0) is 11.5. The first-order valence-electron chi connectivity index (χ1n) is 4.51. The van der Waals surface area contributed by atoms with Gasteiger partial charge in [-0.1, -0.05) is 11.3 Å². The molecule has 82 valence electrons. The molecule has 0 fully saturated rings. The molecule has 16 heavy (non-hydrogen) atoms. The maximum Gasteiger partial charge on any atom is 0.358 e. The Labute approximate surface area is 91.1 Å². The van der Waals surface area contributed by atoms with Crippen molar-refractivity contribution in [2.24, 2.45) is 0 Å². The molecule has 0 atom stereocenters. The van der Waals surface area contributed by atoms with Crippen LogP contribution in [0.15, 0.2) is 30.5 Å². The van der Waals surface area contributed by atoms with Crippen molar-refractivity contribution in [2.75, 3.05) is 7.11 Å². The lowest BCUT2D eigenvalue weighted by molar-refractivity contribution is 0.0690. The maximum absolute atomic E-state index is 10.6. The summed E-state index contributed by atoms with van der Waals surface area (Å²) in [6.07, 6.45) is 1.34. The summed E-state index contributed by atoms with van der Waals surface area (Å²) in [7, 11) is 1.56. The second-order valence-electron chi connectivity index (χ2n) is 3.05. The smallest absolute Gasteiger partial charge is 0.358 e. The molecule has 1 N–H and O–H groups in total. The zero-order valence-corrected chi connectivity index (χ0v) is 8.49. The Morgan fingerprint density at radius 2 is 2.31 bits per heavy atom. The summed E-state index contributed by atoms with van der Waals surface area (Å²) in [4.78, 5) is 10.6. The van der Waals surface area contributed by atoms with Gasteiger partial charge in [-0.25, -0.2) is 9.48 Å². The lowest BCUT2D eigenvalue weighted by Crippen LogP contribution is -1.96. The van der Waals surface area contributed by atoms with Gasteiger partial charge in [0, 0.05) is 6.07 Å². The molecule has 0 amide bonds. The van der Waals surface area contributed by atoms with Crippen LogP contribution >= 0.6 is 0 Å². The molecular formula is C10H9N3O3. The Bertz CT molecular complexity index is 522. The summed E-state index contributed by atoms with van der Waals surface area (Å²) in [6.45, 7) is 0. The molecule has 2 rings (SSSR count). The van der Waals surface area contributed by atoms with Crippen LogP contribution in [0.2, 0.25) is 0 Å². The Morgan fingerprint density at radius 1 is 1.50 bits per heavy atom. The largest absolute Gasteiger partial charge is 0.497 e. The van der Waals surface area contributed by atoms with Crippen LogP contribution in [-0.2, 0) is 0 Å². The van der Waals surface area contributed by atoms with Gasteiger partial charge in [-0.3, -0.25) is 0 Å². The zero-order valence-electron chi connectivity index (χ0n) is 8.49. The quantitative estimate of drug-likeness (QED) is 0.832. The van der Waals surface area contributed by atoms with Gasteiger partial charge in [-0.2, -0.15) is 0 Å². The molecule has 6 nitrogen and oxygen atoms in total. The van der Waals surface area contributed by atoms with Crippen LogP contribution in [0.5, 0.6) is 5.75 Å². The number of aromatic nitrogens is 3. The molecule has 1 aromatic carbocycles. The maximum atomic E-state index is 10.6. The fourth-order valence-electron chi connectivity index (χ4n) is 1.24. The molecule has 1 heterocycles. The lowest BCUT2D eigenvalue weighted by Gasteiger charge is -2.02. The molecule has 0 aliphatic rings. The topological polar surface area (TPSA) is 77.2 Å². The van der Waals surface area contributed by atoms with E-state index in [4.69, 9.17) is 9.84 Å². The molecule has 0 aliphatic carbocycles. The third kappa shape index (κ3) is 1.85. The third-order valence-electron chi connectivity index (χ3n) is 2.03. The Morgan fingerprint density at radius 3 is 2.94 bits per heavy atom. The van der Waals surface area contributed by atoms with E-state index in [-0.39, 0.29) is 5.69 Å². The van der Waals surface area contributed by atoms with Crippen LogP contribution in [0, 0.1) is 0 Å². The molecule has 0 aliphatic heterocycles. The Balaban J connectivity index is 2.38. The number of rotatable bonds is 3. The van der Waals surface area contributed by atoms with E-state index in [1.54, 1.807) is 31.4 Å². The Kier molecular flexibility index (Phi) is 2.55. The van der Waals surface area contributed by atoms with E-state index in [9.17, 15) is 4.79 Å². The van der Waals surface area contributed by atoms with E-state index in [1.165, 1.54) is 10.9 Å². The molecule has 1 aromatic heterocycles. The predicted octanol–water partition coefficient (Wildman–Crippen LogP) is 0.974. The first-order valence-corrected chi connectivity index (χ1v) is 4.51. The van der Waals surface area contributed by atoms with Gasteiger partial charge in [0.05, 0.1) is 19.0 Å². The minimum atomic E-state index is -1.10. The van der Waals surface area contributed by atoms with Crippen LogP contribution in [0.3, 0.4) is 0 Å². The summed E-state index contributed by atoms with van der Waals surface area (Å²) in [6, 6.07) is 7.10. The highest BCUT2D eigenvalue weighted by Crippen LogP contribution is 2.15. The van der Waals surface area contributed by atoms with Gasteiger partial charge in [-0.05, 0) is 12.1 Å². The van der Waals surface area contributed by atoms with E-state index >= 15 is 0 Å². The van der Waals surface area contributed by atoms with Crippen molar-refractivity contribution in [1.29, 1.82) is 0 Å². The minimum Gasteiger partial charge on any atom is -0.497 e. The third-order valence-corrected chi connectivity index (χ3v) is 2.03. The van der Waals surface area contributed by atoms with Crippen LogP contribution in [0.4, 0.5) is 0 Å². The van der Waals surface area contributed by atoms with Crippen molar-refractivity contribution in [3.63, 3.8) is 0 Å². The summed E-state index contributed by atoms with van der Waals surface area (Å²) < 4.78 is 6.43. The van der Waals surface area contributed by atoms with Gasteiger partial charge in [0.25, 0.3) is 0 Å². The molecule has 0 unspecified atom stereocenters. The molecule has 6 heteroatoms. The second kappa shape index (κ2) is 4.01. The van der Waals surface area contributed by atoms with E-state index < -0.39 is 5.97 Å². The first-order chi connectivity index (χ1) is 7.70. The number of hydrogen-bond donors (Lipinski definition) is 1. The summed E-state index contributed by atoms with van der Waals surface area (Å²) in [5, 5.41) is 15.9. The number of carbonyl (C=O) groups is 1. The monoisotopic (exact) mass is 219 g/mol. The first kappa shape index (κ1) is 10.2. The number of carboxylic acid groups (broad SMARTS) is 1. The van der Waals surface area contributed by atoms with E-state index in [0.717, 1.165) is 0 Å². The van der Waals surface area contributed by atoms with E-state index in [0.29, 0.717) is 11.4 Å². The second-order valence-corrected chi connectivity index (χ2v) is 3.05. The number of ether oxygens (including phenoxy) is 1. The van der Waals surface area contributed by atoms with Gasteiger partial charge in [0.15, 0.2) is 5.69 Å². The number of methoxy groups -OCH3 is 1. The highest BCUT2D eigenvalue weighted by Gasteiger charge is 2.09. The molecule has 0 spiro atoms. The molecular weight excluding hydrogens is 210 g/mol. The van der Waals surface area contributed by atoms with Gasteiger partial charge >= 0.3 is 5.97 Å². The van der Waals surface area contributed by atoms with Crippen molar-refractivity contribution in [3.05, 3.63) is 36.2 Å². The molecule has 0 bridgehead atoms. The van der Waals surface area contributed by atoms with Crippen molar-refractivity contribution < 1.29 is 14.6 Å². The lowest BCUT2D eigenvalue weighted by atomic mass is 10.3. The van der Waals surface area contributed by atoms with Crippen LogP contribution < -0.4 is 4.74 Å². The number of nitrogens with zero attached hydrogens (tertiary/aromatic N) is 3. The van der Waals surface area contributed by atoms with Crippen LogP contribution in [0.25, 0.3) is 5.69 Å². The van der Waals surface area contributed by atoms with Crippen molar-refractivity contribution >= 4 is 5.97 Å². The highest BCUT2D eigenvalue weighted by atomic mass is 16.5. The molecule has 0 saturated carbocycles. The van der Waals surface area contributed by atoms with Crippen molar-refractivity contribution in [3.8, 4) is 11.4 Å². The average molecular weight is 219 g/mol. The van der Waals surface area contributed by atoms with E-state index in [1.807, 2.05) is 0 Å². The van der Waals surface area contributed by atoms with Crippen LogP contribution in [-0.4, -0.2) is 33.2 Å². The van der Waals surface area contributed by atoms with Crippen LogP contribution in [0.1, 0.15) is 10.5 Å². The summed E-state index contributed by atoms with van der Waals surface area (Å²) in [5.41, 5.74) is 0.599. The molecule has 0 saturated heterocycles. The number of carboxylic acids is 1. The minimum absolute atomic E-state index is 0.0946. The van der Waals surface area contributed by atoms with Gasteiger partial charge in [0.2, 0.25) is 0 Å². The van der Waals surface area contributed by atoms with Gasteiger partial charge in [0.1, 0.15) is 5.75 Å². The predicted molar refractivity (Wildman–Crippen MR) is 54.9 cm³/mol. The summed E-state index contributed by atoms with van der Waals surface area (Å²) in [5.74, 6) is -0.431. The fourth-order valence-corrected chi connectivity index (χ4v) is 1.24. The van der Waals surface area contributed by atoms with Crippen molar-refractivity contribution in [1.82, 2.24) is 15.0 Å². The van der Waals surface area contributed by atoms with E-state index in [2.05, 4.69) is 10.3 Å².